The lowest BCUT2D eigenvalue weighted by molar-refractivity contribution is -0.0977. The molecule has 2 aliphatic heterocycles. The Balaban J connectivity index is 1.24. The van der Waals surface area contributed by atoms with Gasteiger partial charge in [-0.25, -0.2) is 9.97 Å². The number of hydrogen-bond donors (Lipinski definition) is 0. The molecule has 2 aromatic rings. The van der Waals surface area contributed by atoms with Crippen LogP contribution in [-0.4, -0.2) is 80.1 Å². The van der Waals surface area contributed by atoms with Crippen LogP contribution in [-0.2, 0) is 9.47 Å². The maximum Gasteiger partial charge on any atom is 0.224 e. The lowest BCUT2D eigenvalue weighted by Gasteiger charge is -2.38. The predicted octanol–water partition coefficient (Wildman–Crippen LogP) is 1.96. The first-order valence-electron chi connectivity index (χ1n) is 10.4. The van der Waals surface area contributed by atoms with Crippen molar-refractivity contribution in [3.05, 3.63) is 24.5 Å². The summed E-state index contributed by atoms with van der Waals surface area (Å²) in [6, 6.07) is 6.43. The van der Waals surface area contributed by atoms with Crippen molar-refractivity contribution in [2.75, 3.05) is 64.1 Å². The smallest absolute Gasteiger partial charge is 0.224 e. The molecule has 1 aliphatic carbocycles. The minimum atomic E-state index is 0.212. The van der Waals surface area contributed by atoms with Gasteiger partial charge in [-0.05, 0) is 37.0 Å². The number of anilines is 1. The van der Waals surface area contributed by atoms with Gasteiger partial charge in [-0.3, -0.25) is 4.90 Å². The summed E-state index contributed by atoms with van der Waals surface area (Å²) >= 11 is 0. The lowest BCUT2D eigenvalue weighted by atomic mass is 10.1. The number of benzene rings is 1. The minimum absolute atomic E-state index is 0.212. The van der Waals surface area contributed by atoms with Crippen molar-refractivity contribution in [2.24, 2.45) is 5.92 Å². The second kappa shape index (κ2) is 8.19. The summed E-state index contributed by atoms with van der Waals surface area (Å²) < 4.78 is 17.3. The number of piperazine rings is 1. The SMILES string of the molecule is c1nc(OCC2CC2)c2cc(N3CCN(CC4COCCO4)CC3)ccc2n1. The molecule has 1 aromatic heterocycles. The highest BCUT2D eigenvalue weighted by Gasteiger charge is 2.24. The quantitative estimate of drug-likeness (QED) is 0.754. The molecule has 0 radical (unpaired) electrons. The van der Waals surface area contributed by atoms with E-state index in [0.29, 0.717) is 18.4 Å². The molecule has 3 heterocycles. The van der Waals surface area contributed by atoms with Crippen LogP contribution in [0.3, 0.4) is 0 Å². The topological polar surface area (TPSA) is 60.0 Å². The molecule has 1 unspecified atom stereocenters. The van der Waals surface area contributed by atoms with Gasteiger partial charge in [0.15, 0.2) is 0 Å². The number of ether oxygens (including phenoxy) is 3. The summed E-state index contributed by atoms with van der Waals surface area (Å²) in [6.07, 6.45) is 4.36. The van der Waals surface area contributed by atoms with Gasteiger partial charge in [0.05, 0.1) is 43.4 Å². The Hall–Kier alpha value is -1.96. The summed E-state index contributed by atoms with van der Waals surface area (Å²) in [5.74, 6) is 1.42. The molecule has 3 aliphatic rings. The van der Waals surface area contributed by atoms with Gasteiger partial charge in [-0.2, -0.15) is 0 Å². The summed E-state index contributed by atoms with van der Waals surface area (Å²) in [4.78, 5) is 13.7. The second-order valence-corrected chi connectivity index (χ2v) is 7.99. The third-order valence-corrected chi connectivity index (χ3v) is 5.82. The van der Waals surface area contributed by atoms with Crippen LogP contribution < -0.4 is 9.64 Å². The standard InChI is InChI=1S/C21H28N4O3/c1-2-16(1)13-28-21-19-11-17(3-4-20(19)22-15-23-21)25-7-5-24(6-8-25)12-18-14-26-9-10-27-18/h3-4,11,15-16,18H,1-2,5-10,12-14H2. The Morgan fingerprint density at radius 2 is 1.96 bits per heavy atom. The molecule has 7 nitrogen and oxygen atoms in total. The molecule has 2 saturated heterocycles. The average Bonchev–Trinajstić information content (AvgIpc) is 3.58. The highest BCUT2D eigenvalue weighted by Crippen LogP contribution is 2.32. The number of nitrogens with zero attached hydrogens (tertiary/aromatic N) is 4. The molecule has 0 bridgehead atoms. The van der Waals surface area contributed by atoms with Gasteiger partial charge in [-0.15, -0.1) is 0 Å². The Kier molecular flexibility index (Phi) is 5.29. The van der Waals surface area contributed by atoms with E-state index in [9.17, 15) is 0 Å². The third kappa shape index (κ3) is 4.21. The zero-order valence-electron chi connectivity index (χ0n) is 16.3. The zero-order valence-corrected chi connectivity index (χ0v) is 16.3. The number of aromatic nitrogens is 2. The van der Waals surface area contributed by atoms with E-state index >= 15 is 0 Å². The van der Waals surface area contributed by atoms with E-state index in [1.54, 1.807) is 6.33 Å². The number of rotatable bonds is 6. The Morgan fingerprint density at radius 1 is 1.07 bits per heavy atom. The van der Waals surface area contributed by atoms with E-state index in [4.69, 9.17) is 14.2 Å². The molecule has 3 fully saturated rings. The number of fused-ring (bicyclic) bond motifs is 1. The summed E-state index contributed by atoms with van der Waals surface area (Å²) in [6.45, 7) is 7.96. The minimum Gasteiger partial charge on any atom is -0.477 e. The molecular formula is C21H28N4O3. The van der Waals surface area contributed by atoms with Crippen LogP contribution in [0, 0.1) is 5.92 Å². The van der Waals surface area contributed by atoms with E-state index in [1.165, 1.54) is 18.5 Å². The molecule has 0 N–H and O–H groups in total. The van der Waals surface area contributed by atoms with Crippen LogP contribution in [0.5, 0.6) is 5.88 Å². The molecule has 5 rings (SSSR count). The van der Waals surface area contributed by atoms with Crippen LogP contribution in [0.2, 0.25) is 0 Å². The Labute approximate surface area is 165 Å². The average molecular weight is 384 g/mol. The van der Waals surface area contributed by atoms with E-state index in [-0.39, 0.29) is 6.10 Å². The number of hydrogen-bond acceptors (Lipinski definition) is 7. The van der Waals surface area contributed by atoms with E-state index in [1.807, 2.05) is 0 Å². The molecular weight excluding hydrogens is 356 g/mol. The van der Waals surface area contributed by atoms with Crippen LogP contribution in [0.25, 0.3) is 10.9 Å². The van der Waals surface area contributed by atoms with Crippen molar-refractivity contribution in [3.63, 3.8) is 0 Å². The normalized spacial score (nSPS) is 23.9. The Bertz CT molecular complexity index is 799. The highest BCUT2D eigenvalue weighted by molar-refractivity contribution is 5.86. The molecule has 1 aromatic carbocycles. The second-order valence-electron chi connectivity index (χ2n) is 7.99. The van der Waals surface area contributed by atoms with Crippen LogP contribution in [0.15, 0.2) is 24.5 Å². The zero-order chi connectivity index (χ0) is 18.8. The van der Waals surface area contributed by atoms with Gasteiger partial charge >= 0.3 is 0 Å². The maximum atomic E-state index is 5.98. The van der Waals surface area contributed by atoms with Gasteiger partial charge in [-0.1, -0.05) is 0 Å². The fourth-order valence-electron chi connectivity index (χ4n) is 3.93. The molecule has 1 atom stereocenters. The van der Waals surface area contributed by atoms with Crippen LogP contribution in [0.4, 0.5) is 5.69 Å². The largest absolute Gasteiger partial charge is 0.477 e. The fourth-order valence-corrected chi connectivity index (χ4v) is 3.93. The molecule has 28 heavy (non-hydrogen) atoms. The maximum absolute atomic E-state index is 5.98. The van der Waals surface area contributed by atoms with Crippen LogP contribution >= 0.6 is 0 Å². The molecule has 150 valence electrons. The lowest BCUT2D eigenvalue weighted by Crippen LogP contribution is -2.50. The van der Waals surface area contributed by atoms with Crippen molar-refractivity contribution in [3.8, 4) is 5.88 Å². The molecule has 7 heteroatoms. The van der Waals surface area contributed by atoms with Gasteiger partial charge in [0.25, 0.3) is 0 Å². The van der Waals surface area contributed by atoms with E-state index < -0.39 is 0 Å². The highest BCUT2D eigenvalue weighted by atomic mass is 16.6. The van der Waals surface area contributed by atoms with Crippen molar-refractivity contribution < 1.29 is 14.2 Å². The third-order valence-electron chi connectivity index (χ3n) is 5.82. The molecule has 0 spiro atoms. The Morgan fingerprint density at radius 3 is 2.75 bits per heavy atom. The fraction of sp³-hybridized carbons (Fsp3) is 0.619. The molecule has 0 amide bonds. The van der Waals surface area contributed by atoms with Gasteiger partial charge in [0, 0.05) is 38.4 Å². The molecule has 1 saturated carbocycles. The van der Waals surface area contributed by atoms with E-state index in [0.717, 1.165) is 63.4 Å². The van der Waals surface area contributed by atoms with E-state index in [2.05, 4.69) is 38.0 Å². The summed E-state index contributed by atoms with van der Waals surface area (Å²) in [5.41, 5.74) is 2.16. The summed E-state index contributed by atoms with van der Waals surface area (Å²) in [7, 11) is 0. The predicted molar refractivity (Wildman–Crippen MR) is 107 cm³/mol. The first-order valence-corrected chi connectivity index (χ1v) is 10.4. The summed E-state index contributed by atoms with van der Waals surface area (Å²) in [5, 5.41) is 1.01. The van der Waals surface area contributed by atoms with Crippen molar-refractivity contribution in [1.29, 1.82) is 0 Å². The van der Waals surface area contributed by atoms with Gasteiger partial charge in [0.1, 0.15) is 6.33 Å². The van der Waals surface area contributed by atoms with Crippen molar-refractivity contribution >= 4 is 16.6 Å². The first-order chi connectivity index (χ1) is 13.8. The van der Waals surface area contributed by atoms with Gasteiger partial charge in [0.2, 0.25) is 5.88 Å². The first kappa shape index (κ1) is 18.1. The van der Waals surface area contributed by atoms with Crippen molar-refractivity contribution in [2.45, 2.75) is 18.9 Å². The monoisotopic (exact) mass is 384 g/mol. The van der Waals surface area contributed by atoms with Crippen molar-refractivity contribution in [1.82, 2.24) is 14.9 Å². The van der Waals surface area contributed by atoms with Crippen LogP contribution in [0.1, 0.15) is 12.8 Å². The van der Waals surface area contributed by atoms with Gasteiger partial charge < -0.3 is 19.1 Å².